The fourth-order valence-electron chi connectivity index (χ4n) is 2.84. The topological polar surface area (TPSA) is 32.3 Å². The van der Waals surface area contributed by atoms with Gasteiger partial charge in [0.05, 0.1) is 11.7 Å². The summed E-state index contributed by atoms with van der Waals surface area (Å²) >= 11 is 0. The molecule has 2 aromatic rings. The van der Waals surface area contributed by atoms with Gasteiger partial charge in [-0.2, -0.15) is 0 Å². The van der Waals surface area contributed by atoms with Crippen LogP contribution in [0.15, 0.2) is 48.5 Å². The van der Waals surface area contributed by atoms with Crippen molar-refractivity contribution in [2.24, 2.45) is 0 Å². The molecule has 1 aliphatic carbocycles. The molecule has 2 amide bonds. The number of nitrogens with one attached hydrogen (secondary N) is 1. The molecular formula is C17H17FN2O. The first-order valence-electron chi connectivity index (χ1n) is 7.03. The predicted molar refractivity (Wildman–Crippen MR) is 80.7 cm³/mol. The van der Waals surface area contributed by atoms with E-state index in [9.17, 15) is 9.18 Å². The number of aryl methyl sites for hydroxylation is 1. The summed E-state index contributed by atoms with van der Waals surface area (Å²) < 4.78 is 13.6. The zero-order valence-corrected chi connectivity index (χ0v) is 11.8. The quantitative estimate of drug-likeness (QED) is 0.889. The van der Waals surface area contributed by atoms with E-state index in [2.05, 4.69) is 17.4 Å². The van der Waals surface area contributed by atoms with Gasteiger partial charge in [-0.05, 0) is 36.1 Å². The minimum Gasteiger partial charge on any atom is -0.321 e. The third-order valence-corrected chi connectivity index (χ3v) is 4.00. The Morgan fingerprint density at radius 1 is 1.19 bits per heavy atom. The Morgan fingerprint density at radius 3 is 2.71 bits per heavy atom. The van der Waals surface area contributed by atoms with E-state index in [1.54, 1.807) is 30.1 Å². The van der Waals surface area contributed by atoms with Gasteiger partial charge in [-0.3, -0.25) is 0 Å². The van der Waals surface area contributed by atoms with Crippen LogP contribution in [0.3, 0.4) is 0 Å². The molecule has 0 bridgehead atoms. The summed E-state index contributed by atoms with van der Waals surface area (Å²) in [5, 5.41) is 2.63. The number of carbonyl (C=O) groups excluding carboxylic acids is 1. The van der Waals surface area contributed by atoms with Gasteiger partial charge in [-0.1, -0.05) is 36.4 Å². The maximum Gasteiger partial charge on any atom is 0.322 e. The Balaban J connectivity index is 1.76. The van der Waals surface area contributed by atoms with Gasteiger partial charge in [0.1, 0.15) is 5.82 Å². The normalized spacial score (nSPS) is 16.4. The average molecular weight is 284 g/mol. The molecule has 0 radical (unpaired) electrons. The largest absolute Gasteiger partial charge is 0.322 e. The van der Waals surface area contributed by atoms with Crippen molar-refractivity contribution in [1.82, 2.24) is 4.90 Å². The molecule has 1 unspecified atom stereocenters. The van der Waals surface area contributed by atoms with E-state index < -0.39 is 5.82 Å². The second kappa shape index (κ2) is 5.56. The first kappa shape index (κ1) is 13.6. The maximum absolute atomic E-state index is 13.6. The Hall–Kier alpha value is -2.36. The van der Waals surface area contributed by atoms with Crippen molar-refractivity contribution in [1.29, 1.82) is 0 Å². The van der Waals surface area contributed by atoms with Gasteiger partial charge < -0.3 is 10.2 Å². The summed E-state index contributed by atoms with van der Waals surface area (Å²) in [5.41, 5.74) is 2.68. The number of urea groups is 1. The average Bonchev–Trinajstić information content (AvgIpc) is 2.92. The van der Waals surface area contributed by atoms with Crippen LogP contribution in [0.2, 0.25) is 0 Å². The molecule has 0 aliphatic heterocycles. The highest BCUT2D eigenvalue weighted by atomic mass is 19.1. The molecule has 4 heteroatoms. The van der Waals surface area contributed by atoms with Crippen molar-refractivity contribution in [2.75, 3.05) is 12.4 Å². The number of amides is 2. The molecule has 0 aromatic heterocycles. The van der Waals surface area contributed by atoms with E-state index in [0.717, 1.165) is 12.8 Å². The summed E-state index contributed by atoms with van der Waals surface area (Å²) in [6.45, 7) is 0. The van der Waals surface area contributed by atoms with Crippen molar-refractivity contribution >= 4 is 11.7 Å². The van der Waals surface area contributed by atoms with Gasteiger partial charge >= 0.3 is 6.03 Å². The highest BCUT2D eigenvalue weighted by molar-refractivity contribution is 5.89. The smallest absolute Gasteiger partial charge is 0.321 e. The lowest BCUT2D eigenvalue weighted by molar-refractivity contribution is 0.204. The SMILES string of the molecule is CN(C(=O)Nc1ccccc1F)C1CCc2ccccc21. The monoisotopic (exact) mass is 284 g/mol. The lowest BCUT2D eigenvalue weighted by atomic mass is 10.1. The molecule has 0 spiro atoms. The van der Waals surface area contributed by atoms with Crippen molar-refractivity contribution < 1.29 is 9.18 Å². The molecule has 2 aromatic carbocycles. The number of halogens is 1. The number of hydrogen-bond acceptors (Lipinski definition) is 1. The summed E-state index contributed by atoms with van der Waals surface area (Å²) in [6.07, 6.45) is 1.87. The van der Waals surface area contributed by atoms with Crippen LogP contribution in [0.4, 0.5) is 14.9 Å². The Bertz CT molecular complexity index is 671. The summed E-state index contributed by atoms with van der Waals surface area (Å²) in [4.78, 5) is 14.0. The lowest BCUT2D eigenvalue weighted by Gasteiger charge is -2.25. The summed E-state index contributed by atoms with van der Waals surface area (Å²) in [6, 6.07) is 14.1. The van der Waals surface area contributed by atoms with Crippen LogP contribution < -0.4 is 5.32 Å². The van der Waals surface area contributed by atoms with Crippen LogP contribution in [0, 0.1) is 5.82 Å². The molecule has 1 aliphatic rings. The van der Waals surface area contributed by atoms with Crippen LogP contribution >= 0.6 is 0 Å². The third kappa shape index (κ3) is 2.61. The minimum atomic E-state index is -0.425. The van der Waals surface area contributed by atoms with Gasteiger partial charge in [-0.25, -0.2) is 9.18 Å². The maximum atomic E-state index is 13.6. The number of benzene rings is 2. The Morgan fingerprint density at radius 2 is 1.90 bits per heavy atom. The first-order chi connectivity index (χ1) is 10.2. The third-order valence-electron chi connectivity index (χ3n) is 4.00. The number of fused-ring (bicyclic) bond motifs is 1. The zero-order chi connectivity index (χ0) is 14.8. The number of rotatable bonds is 2. The molecule has 0 saturated heterocycles. The van der Waals surface area contributed by atoms with Gasteiger partial charge in [0.15, 0.2) is 0 Å². The van der Waals surface area contributed by atoms with Crippen LogP contribution in [-0.4, -0.2) is 18.0 Å². The molecule has 3 rings (SSSR count). The second-order valence-electron chi connectivity index (χ2n) is 5.27. The highest BCUT2D eigenvalue weighted by Gasteiger charge is 2.28. The van der Waals surface area contributed by atoms with Crippen molar-refractivity contribution in [3.63, 3.8) is 0 Å². The standard InChI is InChI=1S/C17H17FN2O/c1-20(16-11-10-12-6-2-3-7-13(12)16)17(21)19-15-9-5-4-8-14(15)18/h2-9,16H,10-11H2,1H3,(H,19,21). The molecule has 0 saturated carbocycles. The lowest BCUT2D eigenvalue weighted by Crippen LogP contribution is -2.34. The molecule has 21 heavy (non-hydrogen) atoms. The van der Waals surface area contributed by atoms with Crippen molar-refractivity contribution in [3.05, 3.63) is 65.5 Å². The van der Waals surface area contributed by atoms with Crippen molar-refractivity contribution in [2.45, 2.75) is 18.9 Å². The summed E-state index contributed by atoms with van der Waals surface area (Å²) in [5.74, 6) is -0.425. The van der Waals surface area contributed by atoms with Crippen LogP contribution in [-0.2, 0) is 6.42 Å². The van der Waals surface area contributed by atoms with Gasteiger partial charge in [0.25, 0.3) is 0 Å². The zero-order valence-electron chi connectivity index (χ0n) is 11.8. The number of carbonyl (C=O) groups is 1. The number of nitrogens with zero attached hydrogens (tertiary/aromatic N) is 1. The molecule has 1 N–H and O–H groups in total. The fourth-order valence-corrected chi connectivity index (χ4v) is 2.84. The van der Waals surface area contributed by atoms with E-state index >= 15 is 0 Å². The van der Waals surface area contributed by atoms with Crippen LogP contribution in [0.1, 0.15) is 23.6 Å². The molecule has 3 nitrogen and oxygen atoms in total. The molecule has 1 atom stereocenters. The van der Waals surface area contributed by atoms with Crippen LogP contribution in [0.25, 0.3) is 0 Å². The van der Waals surface area contributed by atoms with E-state index in [1.165, 1.54) is 17.2 Å². The molecule has 108 valence electrons. The van der Waals surface area contributed by atoms with Gasteiger partial charge in [-0.15, -0.1) is 0 Å². The molecular weight excluding hydrogens is 267 g/mol. The van der Waals surface area contributed by atoms with E-state index in [4.69, 9.17) is 0 Å². The number of hydrogen-bond donors (Lipinski definition) is 1. The number of anilines is 1. The summed E-state index contributed by atoms with van der Waals surface area (Å²) in [7, 11) is 1.75. The van der Waals surface area contributed by atoms with E-state index in [1.807, 2.05) is 12.1 Å². The number of para-hydroxylation sites is 1. The van der Waals surface area contributed by atoms with Gasteiger partial charge in [0.2, 0.25) is 0 Å². The predicted octanol–water partition coefficient (Wildman–Crippen LogP) is 3.98. The van der Waals surface area contributed by atoms with Gasteiger partial charge in [0, 0.05) is 7.05 Å². The highest BCUT2D eigenvalue weighted by Crippen LogP contribution is 2.35. The Labute approximate surface area is 123 Å². The first-order valence-corrected chi connectivity index (χ1v) is 7.03. The molecule has 0 fully saturated rings. The van der Waals surface area contributed by atoms with Crippen LogP contribution in [0.5, 0.6) is 0 Å². The molecule has 0 heterocycles. The second-order valence-corrected chi connectivity index (χ2v) is 5.27. The minimum absolute atomic E-state index is 0.0490. The Kier molecular flexibility index (Phi) is 3.60. The van der Waals surface area contributed by atoms with E-state index in [0.29, 0.717) is 0 Å². The fraction of sp³-hybridized carbons (Fsp3) is 0.235. The van der Waals surface area contributed by atoms with E-state index in [-0.39, 0.29) is 17.8 Å². The van der Waals surface area contributed by atoms with Crippen molar-refractivity contribution in [3.8, 4) is 0 Å².